The molecule has 0 aromatic rings. The maximum atomic E-state index is 10.1. The maximum absolute atomic E-state index is 10.1. The predicted octanol–water partition coefficient (Wildman–Crippen LogP) is 0.0768. The minimum absolute atomic E-state index is 0.182. The first-order valence-electron chi connectivity index (χ1n) is 3.33. The van der Waals surface area contributed by atoms with Gasteiger partial charge in [0.05, 0.1) is 6.26 Å². The molecule has 0 heterocycles. The molecular weight excluding hydrogens is 196 g/mol. The summed E-state index contributed by atoms with van der Waals surface area (Å²) in [6.07, 6.45) is 5.87. The van der Waals surface area contributed by atoms with Crippen molar-refractivity contribution in [3.63, 3.8) is 0 Å². The molecule has 0 aliphatic carbocycles. The second kappa shape index (κ2) is 7.58. The lowest BCUT2D eigenvalue weighted by Gasteiger charge is -1.90. The summed E-state index contributed by atoms with van der Waals surface area (Å²) >= 11 is 0. The first kappa shape index (κ1) is 14.5. The summed E-state index contributed by atoms with van der Waals surface area (Å²) < 4.78 is 24.3. The fourth-order valence-corrected chi connectivity index (χ4v) is 0.423. The minimum Gasteiger partial charge on any atom is -0.481 e. The highest BCUT2D eigenvalue weighted by Gasteiger charge is 1.96. The average Bonchev–Trinajstić information content (AvgIpc) is 2.00. The van der Waals surface area contributed by atoms with Crippen LogP contribution in [-0.2, 0) is 19.1 Å². The normalized spacial score (nSPS) is 9.31. The number of carboxylic acids is 1. The second-order valence-electron chi connectivity index (χ2n) is 1.92. The zero-order valence-electron chi connectivity index (χ0n) is 7.48. The van der Waals surface area contributed by atoms with Crippen LogP contribution in [0.15, 0.2) is 0 Å². The molecule has 0 aromatic heterocycles. The highest BCUT2D eigenvalue weighted by atomic mass is 32.2. The average molecular weight is 208 g/mol. The van der Waals surface area contributed by atoms with Gasteiger partial charge in [-0.15, -0.1) is 6.42 Å². The molecule has 0 spiro atoms. The van der Waals surface area contributed by atoms with Crippen molar-refractivity contribution in [2.24, 2.45) is 0 Å². The molecule has 0 bridgehead atoms. The quantitative estimate of drug-likeness (QED) is 0.524. The Morgan fingerprint density at radius 2 is 2.00 bits per heavy atom. The molecule has 0 unspecified atom stereocenters. The van der Waals surface area contributed by atoms with Gasteiger partial charge in [-0.25, -0.2) is 0 Å². The third-order valence-corrected chi connectivity index (χ3v) is 1.20. The van der Waals surface area contributed by atoms with Crippen molar-refractivity contribution in [1.29, 1.82) is 0 Å². The van der Waals surface area contributed by atoms with Gasteiger partial charge < -0.3 is 5.11 Å². The maximum Gasteiger partial charge on any atom is 0.303 e. The van der Waals surface area contributed by atoms with Gasteiger partial charge >= 0.3 is 5.97 Å². The Bertz CT molecular complexity index is 272. The lowest BCUT2D eigenvalue weighted by molar-refractivity contribution is -0.136. The van der Waals surface area contributed by atoms with Crippen LogP contribution in [0.3, 0.4) is 0 Å². The van der Waals surface area contributed by atoms with Gasteiger partial charge in [0.2, 0.25) is 0 Å². The first-order chi connectivity index (χ1) is 5.83. The Balaban J connectivity index is 0. The van der Waals surface area contributed by atoms with E-state index in [1.54, 1.807) is 6.92 Å². The molecule has 13 heavy (non-hydrogen) atoms. The van der Waals surface area contributed by atoms with E-state index in [0.29, 0.717) is 0 Å². The second-order valence-corrected chi connectivity index (χ2v) is 3.56. The Labute approximate surface area is 77.8 Å². The first-order valence-corrected chi connectivity index (χ1v) is 5.14. The van der Waals surface area contributed by atoms with Crippen LogP contribution < -0.4 is 0 Å². The van der Waals surface area contributed by atoms with Gasteiger partial charge in [0.25, 0.3) is 10.1 Å². The molecular formula is C7H12O5S. The van der Waals surface area contributed by atoms with E-state index in [2.05, 4.69) is 4.18 Å². The number of aliphatic carboxylic acids is 1. The molecule has 5 nitrogen and oxygen atoms in total. The summed E-state index contributed by atoms with van der Waals surface area (Å²) in [5.41, 5.74) is 0. The van der Waals surface area contributed by atoms with Gasteiger partial charge in [-0.2, -0.15) is 8.42 Å². The molecule has 0 saturated heterocycles. The number of hydrogen-bond acceptors (Lipinski definition) is 4. The van der Waals surface area contributed by atoms with Crippen molar-refractivity contribution >= 4 is 16.1 Å². The molecule has 0 aromatic carbocycles. The van der Waals surface area contributed by atoms with E-state index in [1.165, 1.54) is 0 Å². The SMILES string of the molecule is C#CCOS(C)(=O)=O.CCC(=O)O. The van der Waals surface area contributed by atoms with E-state index in [-0.39, 0.29) is 13.0 Å². The summed E-state index contributed by atoms with van der Waals surface area (Å²) in [6, 6.07) is 0. The molecule has 0 saturated carbocycles. The van der Waals surface area contributed by atoms with Crippen LogP contribution in [0.1, 0.15) is 13.3 Å². The zero-order valence-corrected chi connectivity index (χ0v) is 8.30. The molecule has 0 rings (SSSR count). The van der Waals surface area contributed by atoms with Crippen molar-refractivity contribution < 1.29 is 22.5 Å². The molecule has 0 amide bonds. The molecule has 0 aliphatic heterocycles. The lowest BCUT2D eigenvalue weighted by atomic mass is 10.5. The van der Waals surface area contributed by atoms with Crippen LogP contribution in [0.25, 0.3) is 0 Å². The lowest BCUT2D eigenvalue weighted by Crippen LogP contribution is -2.01. The molecule has 1 N–H and O–H groups in total. The van der Waals surface area contributed by atoms with Gasteiger partial charge in [0.15, 0.2) is 0 Å². The highest BCUT2D eigenvalue weighted by Crippen LogP contribution is 1.82. The minimum atomic E-state index is -3.33. The van der Waals surface area contributed by atoms with E-state index in [4.69, 9.17) is 11.5 Å². The molecule has 0 fully saturated rings. The van der Waals surface area contributed by atoms with Crippen molar-refractivity contribution in [2.75, 3.05) is 12.9 Å². The smallest absolute Gasteiger partial charge is 0.303 e. The topological polar surface area (TPSA) is 80.7 Å². The van der Waals surface area contributed by atoms with Gasteiger partial charge in [-0.3, -0.25) is 8.98 Å². The standard InChI is InChI=1S/C4H6O3S.C3H6O2/c1-3-4-7-8(2,5)6;1-2-3(4)5/h1H,4H2,2H3;2H2,1H3,(H,4,5). The van der Waals surface area contributed by atoms with Crippen molar-refractivity contribution in [2.45, 2.75) is 13.3 Å². The Morgan fingerprint density at radius 1 is 1.62 bits per heavy atom. The predicted molar refractivity (Wildman–Crippen MR) is 47.6 cm³/mol. The van der Waals surface area contributed by atoms with Gasteiger partial charge in [-0.1, -0.05) is 12.8 Å². The van der Waals surface area contributed by atoms with E-state index >= 15 is 0 Å². The van der Waals surface area contributed by atoms with Crippen LogP contribution in [0.5, 0.6) is 0 Å². The fraction of sp³-hybridized carbons (Fsp3) is 0.571. The van der Waals surface area contributed by atoms with Crippen molar-refractivity contribution in [3.8, 4) is 12.3 Å². The molecule has 0 atom stereocenters. The zero-order chi connectivity index (χ0) is 10.9. The van der Waals surface area contributed by atoms with Crippen LogP contribution in [0.2, 0.25) is 0 Å². The van der Waals surface area contributed by atoms with E-state index < -0.39 is 16.1 Å². The van der Waals surface area contributed by atoms with E-state index in [1.807, 2.05) is 5.92 Å². The number of rotatable bonds is 3. The third kappa shape index (κ3) is 24.8. The summed E-state index contributed by atoms with van der Waals surface area (Å²) in [6.45, 7) is 1.42. The Morgan fingerprint density at radius 3 is 2.08 bits per heavy atom. The van der Waals surface area contributed by atoms with Gasteiger partial charge in [0, 0.05) is 6.42 Å². The Hall–Kier alpha value is -1.06. The van der Waals surface area contributed by atoms with E-state index in [0.717, 1.165) is 6.26 Å². The largest absolute Gasteiger partial charge is 0.481 e. The molecule has 6 heteroatoms. The van der Waals surface area contributed by atoms with Crippen molar-refractivity contribution in [3.05, 3.63) is 0 Å². The number of carboxylic acid groups (broad SMARTS) is 1. The summed E-state index contributed by atoms with van der Waals surface area (Å²) in [5, 5.41) is 7.72. The summed E-state index contributed by atoms with van der Waals surface area (Å²) in [5.74, 6) is 1.28. The monoisotopic (exact) mass is 208 g/mol. The highest BCUT2D eigenvalue weighted by molar-refractivity contribution is 7.85. The molecule has 0 aliphatic rings. The number of carbonyl (C=O) groups is 1. The Kier molecular flexibility index (Phi) is 8.44. The molecule has 76 valence electrons. The molecule has 0 radical (unpaired) electrons. The third-order valence-electron chi connectivity index (χ3n) is 0.659. The van der Waals surface area contributed by atoms with E-state index in [9.17, 15) is 13.2 Å². The summed E-state index contributed by atoms with van der Waals surface area (Å²) in [4.78, 5) is 9.37. The van der Waals surface area contributed by atoms with Crippen LogP contribution >= 0.6 is 0 Å². The van der Waals surface area contributed by atoms with Crippen LogP contribution in [0, 0.1) is 12.3 Å². The van der Waals surface area contributed by atoms with Crippen molar-refractivity contribution in [1.82, 2.24) is 0 Å². The van der Waals surface area contributed by atoms with Crippen LogP contribution in [-0.4, -0.2) is 32.4 Å². The number of terminal acetylenes is 1. The summed E-state index contributed by atoms with van der Waals surface area (Å²) in [7, 11) is -3.33. The van der Waals surface area contributed by atoms with Crippen LogP contribution in [0.4, 0.5) is 0 Å². The number of hydrogen-bond donors (Lipinski definition) is 1. The fourth-order valence-electron chi connectivity index (χ4n) is 0.141. The van der Waals surface area contributed by atoms with Gasteiger partial charge in [-0.05, 0) is 0 Å². The van der Waals surface area contributed by atoms with Gasteiger partial charge in [0.1, 0.15) is 6.61 Å².